The molecule has 0 saturated heterocycles. The van der Waals surface area contributed by atoms with Gasteiger partial charge in [-0.15, -0.1) is 0 Å². The van der Waals surface area contributed by atoms with Crippen molar-refractivity contribution in [2.24, 2.45) is 17.8 Å². The molecule has 3 rings (SSSR count). The molecule has 0 aromatic carbocycles. The van der Waals surface area contributed by atoms with Crippen molar-refractivity contribution >= 4 is 11.8 Å². The van der Waals surface area contributed by atoms with Crippen LogP contribution >= 0.6 is 0 Å². The Kier molecular flexibility index (Phi) is 7.78. The molecule has 2 heterocycles. The topological polar surface area (TPSA) is 83.0 Å². The molecule has 1 saturated carbocycles. The van der Waals surface area contributed by atoms with Crippen LogP contribution < -0.4 is 4.74 Å². The molecule has 0 unspecified atom stereocenters. The van der Waals surface area contributed by atoms with Gasteiger partial charge < -0.3 is 19.6 Å². The molecule has 1 aromatic heterocycles. The van der Waals surface area contributed by atoms with Gasteiger partial charge in [-0.05, 0) is 31.7 Å². The van der Waals surface area contributed by atoms with Crippen molar-refractivity contribution in [1.29, 1.82) is 0 Å². The van der Waals surface area contributed by atoms with E-state index in [0.29, 0.717) is 36.6 Å². The van der Waals surface area contributed by atoms with Crippen LogP contribution in [0.25, 0.3) is 0 Å². The van der Waals surface area contributed by atoms with Gasteiger partial charge in [0.05, 0.1) is 19.2 Å². The third-order valence-electron chi connectivity index (χ3n) is 6.07. The quantitative estimate of drug-likeness (QED) is 0.686. The summed E-state index contributed by atoms with van der Waals surface area (Å²) in [6, 6.07) is 1.36. The van der Waals surface area contributed by atoms with E-state index < -0.39 is 0 Å². The smallest absolute Gasteiger partial charge is 0.259 e. The first-order chi connectivity index (χ1) is 15.2. The number of aliphatic hydroxyl groups is 1. The number of likely N-dealkylation sites (N-methyl/N-ethyl adjacent to an activating group) is 1. The standard InChI is InChI=1S/C25H35N3O4/c1-16(2)6-7-20-10-21-24(26-12-20)32-22(14-27(5)23(30)11-19-8-9-19)17(3)13-28(25(21)31)18(4)15-29/h10,12,16-19,22,29H,8-9,11,13-15H2,1-5H3/t17-,18+,22-/m1/s1. The maximum atomic E-state index is 13.4. The number of aliphatic hydroxyl groups excluding tert-OH is 1. The van der Waals surface area contributed by atoms with Gasteiger partial charge in [-0.3, -0.25) is 9.59 Å². The Balaban J connectivity index is 1.91. The van der Waals surface area contributed by atoms with Crippen LogP contribution in [0.3, 0.4) is 0 Å². The third-order valence-corrected chi connectivity index (χ3v) is 6.07. The van der Waals surface area contributed by atoms with E-state index in [1.165, 1.54) is 0 Å². The van der Waals surface area contributed by atoms with Gasteiger partial charge in [0.25, 0.3) is 5.91 Å². The van der Waals surface area contributed by atoms with Crippen molar-refractivity contribution < 1.29 is 19.4 Å². The molecule has 7 heteroatoms. The number of carbonyl (C=O) groups excluding carboxylic acids is 2. The van der Waals surface area contributed by atoms with E-state index in [9.17, 15) is 14.7 Å². The fourth-order valence-electron chi connectivity index (χ4n) is 3.71. The zero-order valence-electron chi connectivity index (χ0n) is 19.8. The molecule has 7 nitrogen and oxygen atoms in total. The first-order valence-corrected chi connectivity index (χ1v) is 11.5. The summed E-state index contributed by atoms with van der Waals surface area (Å²) in [5.41, 5.74) is 0.984. The molecule has 0 spiro atoms. The molecule has 1 fully saturated rings. The van der Waals surface area contributed by atoms with Crippen LogP contribution in [0.15, 0.2) is 12.3 Å². The lowest BCUT2D eigenvalue weighted by Gasteiger charge is -2.37. The summed E-state index contributed by atoms with van der Waals surface area (Å²) < 4.78 is 6.24. The van der Waals surface area contributed by atoms with E-state index in [0.717, 1.165) is 12.8 Å². The van der Waals surface area contributed by atoms with Crippen LogP contribution in [0.5, 0.6) is 5.88 Å². The number of ether oxygens (including phenoxy) is 1. The number of fused-ring (bicyclic) bond motifs is 1. The minimum absolute atomic E-state index is 0.0560. The van der Waals surface area contributed by atoms with Crippen LogP contribution in [-0.2, 0) is 4.79 Å². The van der Waals surface area contributed by atoms with Gasteiger partial charge in [0.1, 0.15) is 11.7 Å². The fraction of sp³-hybridized carbons (Fsp3) is 0.640. The first-order valence-electron chi connectivity index (χ1n) is 11.5. The summed E-state index contributed by atoms with van der Waals surface area (Å²) in [5.74, 6) is 6.95. The minimum Gasteiger partial charge on any atom is -0.472 e. The second-order valence-electron chi connectivity index (χ2n) is 9.55. The number of amides is 2. The molecule has 1 aliphatic carbocycles. The highest BCUT2D eigenvalue weighted by molar-refractivity contribution is 5.97. The number of hydrogen-bond donors (Lipinski definition) is 1. The third kappa shape index (κ3) is 6.01. The van der Waals surface area contributed by atoms with Gasteiger partial charge >= 0.3 is 0 Å². The number of pyridine rings is 1. The monoisotopic (exact) mass is 441 g/mol. The summed E-state index contributed by atoms with van der Waals surface area (Å²) in [7, 11) is 1.80. The van der Waals surface area contributed by atoms with E-state index in [1.807, 2.05) is 27.7 Å². The average molecular weight is 442 g/mol. The van der Waals surface area contributed by atoms with Crippen molar-refractivity contribution in [3.8, 4) is 17.7 Å². The van der Waals surface area contributed by atoms with Crippen LogP contribution in [0.2, 0.25) is 0 Å². The molecule has 0 radical (unpaired) electrons. The molecule has 2 aliphatic rings. The lowest BCUT2D eigenvalue weighted by atomic mass is 9.99. The molecule has 174 valence electrons. The second kappa shape index (κ2) is 10.4. The Labute approximate surface area is 191 Å². The Morgan fingerprint density at radius 1 is 1.38 bits per heavy atom. The molecule has 2 amide bonds. The number of aromatic nitrogens is 1. The van der Waals surface area contributed by atoms with Crippen molar-refractivity contribution in [2.45, 2.75) is 59.1 Å². The number of carbonyl (C=O) groups is 2. The molecule has 1 aromatic rings. The van der Waals surface area contributed by atoms with Crippen molar-refractivity contribution in [1.82, 2.24) is 14.8 Å². The summed E-state index contributed by atoms with van der Waals surface area (Å²) in [4.78, 5) is 33.8. The zero-order chi connectivity index (χ0) is 23.4. The first kappa shape index (κ1) is 24.1. The van der Waals surface area contributed by atoms with Gasteiger partial charge in [-0.2, -0.15) is 0 Å². The Hall–Kier alpha value is -2.59. The Bertz CT molecular complexity index is 900. The molecule has 0 bridgehead atoms. The fourth-order valence-corrected chi connectivity index (χ4v) is 3.71. The van der Waals surface area contributed by atoms with E-state index in [-0.39, 0.29) is 48.3 Å². The maximum Gasteiger partial charge on any atom is 0.259 e. The molecule has 1 aliphatic heterocycles. The highest BCUT2D eigenvalue weighted by Crippen LogP contribution is 2.33. The van der Waals surface area contributed by atoms with E-state index in [2.05, 4.69) is 16.8 Å². The SMILES string of the molecule is CC(C)C#Cc1cnc2c(c1)C(=O)N([C@@H](C)CO)C[C@@H](C)[C@@H](CN(C)C(=O)CC1CC1)O2. The van der Waals surface area contributed by atoms with Gasteiger partial charge in [-0.25, -0.2) is 4.98 Å². The van der Waals surface area contributed by atoms with Crippen molar-refractivity contribution in [3.05, 3.63) is 23.4 Å². The van der Waals surface area contributed by atoms with E-state index >= 15 is 0 Å². The van der Waals surface area contributed by atoms with Gasteiger partial charge in [0.15, 0.2) is 0 Å². The molecule has 1 N–H and O–H groups in total. The maximum absolute atomic E-state index is 13.4. The van der Waals surface area contributed by atoms with E-state index in [4.69, 9.17) is 4.74 Å². The summed E-state index contributed by atoms with van der Waals surface area (Å²) in [5, 5.41) is 9.76. The molecular formula is C25H35N3O4. The van der Waals surface area contributed by atoms with Gasteiger partial charge in [0, 0.05) is 43.6 Å². The molecule has 3 atom stereocenters. The summed E-state index contributed by atoms with van der Waals surface area (Å²) in [6.45, 7) is 8.51. The highest BCUT2D eigenvalue weighted by Gasteiger charge is 2.35. The lowest BCUT2D eigenvalue weighted by Crippen LogP contribution is -2.50. The van der Waals surface area contributed by atoms with Gasteiger partial charge in [0.2, 0.25) is 11.8 Å². The minimum atomic E-state index is -0.351. The predicted molar refractivity (Wildman–Crippen MR) is 122 cm³/mol. The van der Waals surface area contributed by atoms with E-state index in [1.54, 1.807) is 29.1 Å². The Morgan fingerprint density at radius 3 is 2.72 bits per heavy atom. The van der Waals surface area contributed by atoms with Crippen LogP contribution in [0.1, 0.15) is 62.9 Å². The number of hydrogen-bond acceptors (Lipinski definition) is 5. The van der Waals surface area contributed by atoms with Crippen LogP contribution in [0, 0.1) is 29.6 Å². The van der Waals surface area contributed by atoms with Crippen molar-refractivity contribution in [3.63, 3.8) is 0 Å². The molecular weight excluding hydrogens is 406 g/mol. The van der Waals surface area contributed by atoms with Gasteiger partial charge in [-0.1, -0.05) is 32.6 Å². The normalized spacial score (nSPS) is 21.6. The van der Waals surface area contributed by atoms with Crippen LogP contribution in [0.4, 0.5) is 0 Å². The zero-order valence-corrected chi connectivity index (χ0v) is 19.8. The lowest BCUT2D eigenvalue weighted by molar-refractivity contribution is -0.131. The number of rotatable bonds is 6. The summed E-state index contributed by atoms with van der Waals surface area (Å²) in [6.07, 6.45) is 4.13. The highest BCUT2D eigenvalue weighted by atomic mass is 16.5. The number of nitrogens with zero attached hydrogens (tertiary/aromatic N) is 3. The van der Waals surface area contributed by atoms with Crippen LogP contribution in [-0.4, -0.2) is 70.6 Å². The Morgan fingerprint density at radius 2 is 2.09 bits per heavy atom. The average Bonchev–Trinajstić information content (AvgIpc) is 3.58. The van der Waals surface area contributed by atoms with Crippen molar-refractivity contribution in [2.75, 3.05) is 26.7 Å². The predicted octanol–water partition coefficient (Wildman–Crippen LogP) is 2.57. The molecule has 32 heavy (non-hydrogen) atoms. The largest absolute Gasteiger partial charge is 0.472 e. The summed E-state index contributed by atoms with van der Waals surface area (Å²) >= 11 is 0. The second-order valence-corrected chi connectivity index (χ2v) is 9.55.